The Morgan fingerprint density at radius 3 is 2.42 bits per heavy atom. The lowest BCUT2D eigenvalue weighted by atomic mass is 10.1. The van der Waals surface area contributed by atoms with Gasteiger partial charge in [0.15, 0.2) is 5.78 Å². The van der Waals surface area contributed by atoms with Gasteiger partial charge in [-0.15, -0.1) is 0 Å². The van der Waals surface area contributed by atoms with Crippen LogP contribution in [0.4, 0.5) is 0 Å². The van der Waals surface area contributed by atoms with Gasteiger partial charge in [-0.3, -0.25) is 9.59 Å². The number of aromatic nitrogens is 1. The van der Waals surface area contributed by atoms with Crippen LogP contribution in [0.15, 0.2) is 0 Å². The number of rotatable bonds is 4. The van der Waals surface area contributed by atoms with Gasteiger partial charge >= 0.3 is 0 Å². The molecule has 0 amide bonds. The van der Waals surface area contributed by atoms with Crippen LogP contribution in [-0.4, -0.2) is 49.4 Å². The van der Waals surface area contributed by atoms with Gasteiger partial charge in [0.2, 0.25) is 5.78 Å². The number of nitrogens with one attached hydrogen (secondary N) is 2. The zero-order chi connectivity index (χ0) is 14.0. The molecule has 5 nitrogen and oxygen atoms in total. The third-order valence-electron chi connectivity index (χ3n) is 3.68. The number of aromatic amines is 1. The van der Waals surface area contributed by atoms with E-state index in [2.05, 4.69) is 4.98 Å². The number of hydrogen-bond acceptors (Lipinski definition) is 3. The van der Waals surface area contributed by atoms with E-state index >= 15 is 0 Å². The Kier molecular flexibility index (Phi) is 4.17. The summed E-state index contributed by atoms with van der Waals surface area (Å²) >= 11 is 0. The van der Waals surface area contributed by atoms with Crippen molar-refractivity contribution in [3.8, 4) is 0 Å². The van der Waals surface area contributed by atoms with Crippen molar-refractivity contribution in [1.82, 2.24) is 4.98 Å². The fourth-order valence-electron chi connectivity index (χ4n) is 2.71. The molecule has 2 heterocycles. The van der Waals surface area contributed by atoms with Crippen molar-refractivity contribution < 1.29 is 19.2 Å². The number of ether oxygens (including phenoxy) is 1. The third kappa shape index (κ3) is 2.93. The van der Waals surface area contributed by atoms with Gasteiger partial charge in [0.25, 0.3) is 0 Å². The second kappa shape index (κ2) is 5.67. The molecule has 2 N–H and O–H groups in total. The van der Waals surface area contributed by atoms with E-state index < -0.39 is 0 Å². The summed E-state index contributed by atoms with van der Waals surface area (Å²) < 4.78 is 5.28. The number of morpholine rings is 1. The number of carbonyl (C=O) groups is 2. The van der Waals surface area contributed by atoms with Crippen molar-refractivity contribution in [3.05, 3.63) is 22.5 Å². The SMILES string of the molecule is CC(=O)c1c(C)[nH]c(C(=O)C[NH+]2CCOCC2)c1C. The Labute approximate surface area is 112 Å². The first-order valence-electron chi connectivity index (χ1n) is 6.65. The number of Topliss-reactive ketones (excluding diaryl/α,β-unsaturated/α-hetero) is 2. The minimum Gasteiger partial charge on any atom is -0.370 e. The van der Waals surface area contributed by atoms with Gasteiger partial charge in [0.1, 0.15) is 19.6 Å². The number of quaternary nitrogens is 1. The summed E-state index contributed by atoms with van der Waals surface area (Å²) in [5.74, 6) is 0.0778. The third-order valence-corrected chi connectivity index (χ3v) is 3.68. The van der Waals surface area contributed by atoms with E-state index in [-0.39, 0.29) is 11.6 Å². The number of carbonyl (C=O) groups excluding carboxylic acids is 2. The second-order valence-corrected chi connectivity index (χ2v) is 5.14. The first-order valence-corrected chi connectivity index (χ1v) is 6.65. The molecule has 5 heteroatoms. The molecule has 0 atom stereocenters. The molecule has 1 aromatic rings. The molecule has 104 valence electrons. The molecule has 1 fully saturated rings. The lowest BCUT2D eigenvalue weighted by Gasteiger charge is -2.22. The Bertz CT molecular complexity index is 499. The minimum absolute atomic E-state index is 0.00372. The molecular formula is C14H21N2O3+. The summed E-state index contributed by atoms with van der Waals surface area (Å²) in [4.78, 5) is 28.2. The molecule has 2 rings (SSSR count). The minimum atomic E-state index is 0.00372. The topological polar surface area (TPSA) is 63.6 Å². The van der Waals surface area contributed by atoms with Gasteiger partial charge in [0, 0.05) is 11.3 Å². The van der Waals surface area contributed by atoms with Crippen molar-refractivity contribution in [2.24, 2.45) is 0 Å². The maximum absolute atomic E-state index is 12.3. The van der Waals surface area contributed by atoms with E-state index in [4.69, 9.17) is 4.74 Å². The lowest BCUT2D eigenvalue weighted by Crippen LogP contribution is -3.14. The highest BCUT2D eigenvalue weighted by Crippen LogP contribution is 2.18. The Morgan fingerprint density at radius 1 is 1.26 bits per heavy atom. The van der Waals surface area contributed by atoms with Crippen LogP contribution in [0, 0.1) is 13.8 Å². The highest BCUT2D eigenvalue weighted by atomic mass is 16.5. The van der Waals surface area contributed by atoms with E-state index in [1.165, 1.54) is 11.8 Å². The molecule has 1 aliphatic heterocycles. The predicted molar refractivity (Wildman–Crippen MR) is 71.0 cm³/mol. The first-order chi connectivity index (χ1) is 9.00. The molecule has 0 unspecified atom stereocenters. The highest BCUT2D eigenvalue weighted by molar-refractivity contribution is 6.03. The molecular weight excluding hydrogens is 244 g/mol. The van der Waals surface area contributed by atoms with Crippen molar-refractivity contribution in [1.29, 1.82) is 0 Å². The number of ketones is 2. The van der Waals surface area contributed by atoms with Crippen LogP contribution >= 0.6 is 0 Å². The molecule has 1 aliphatic rings. The summed E-state index contributed by atoms with van der Waals surface area (Å²) in [7, 11) is 0. The van der Waals surface area contributed by atoms with Crippen molar-refractivity contribution in [2.75, 3.05) is 32.8 Å². The van der Waals surface area contributed by atoms with Gasteiger partial charge in [-0.05, 0) is 26.3 Å². The van der Waals surface area contributed by atoms with Crippen molar-refractivity contribution in [2.45, 2.75) is 20.8 Å². The smallest absolute Gasteiger partial charge is 0.233 e. The molecule has 0 saturated carbocycles. The Balaban J connectivity index is 2.15. The normalized spacial score (nSPS) is 16.6. The Hall–Kier alpha value is -1.46. The molecule has 0 spiro atoms. The van der Waals surface area contributed by atoms with E-state index in [1.54, 1.807) is 0 Å². The highest BCUT2D eigenvalue weighted by Gasteiger charge is 2.24. The molecule has 0 bridgehead atoms. The van der Waals surface area contributed by atoms with E-state index in [0.717, 1.165) is 24.3 Å². The van der Waals surface area contributed by atoms with Gasteiger partial charge in [-0.25, -0.2) is 0 Å². The second-order valence-electron chi connectivity index (χ2n) is 5.14. The molecule has 0 aliphatic carbocycles. The number of H-pyrrole nitrogens is 1. The van der Waals surface area contributed by atoms with E-state index in [9.17, 15) is 9.59 Å². The van der Waals surface area contributed by atoms with Crippen LogP contribution in [0.1, 0.15) is 39.0 Å². The van der Waals surface area contributed by atoms with E-state index in [1.807, 2.05) is 13.8 Å². The van der Waals surface area contributed by atoms with Crippen LogP contribution in [0.3, 0.4) is 0 Å². The van der Waals surface area contributed by atoms with Crippen molar-refractivity contribution in [3.63, 3.8) is 0 Å². The van der Waals surface area contributed by atoms with Gasteiger partial charge in [-0.2, -0.15) is 0 Å². The van der Waals surface area contributed by atoms with Crippen LogP contribution in [0.5, 0.6) is 0 Å². The molecule has 1 aromatic heterocycles. The van der Waals surface area contributed by atoms with Crippen LogP contribution < -0.4 is 4.90 Å². The van der Waals surface area contributed by atoms with Crippen LogP contribution in [0.25, 0.3) is 0 Å². The maximum atomic E-state index is 12.3. The summed E-state index contributed by atoms with van der Waals surface area (Å²) in [6, 6.07) is 0. The lowest BCUT2D eigenvalue weighted by molar-refractivity contribution is -0.899. The largest absolute Gasteiger partial charge is 0.370 e. The monoisotopic (exact) mass is 265 g/mol. The zero-order valence-electron chi connectivity index (χ0n) is 11.8. The Morgan fingerprint density at radius 2 is 1.89 bits per heavy atom. The van der Waals surface area contributed by atoms with Gasteiger partial charge in [-0.1, -0.05) is 0 Å². The quantitative estimate of drug-likeness (QED) is 0.749. The average Bonchev–Trinajstić information content (AvgIpc) is 2.66. The fourth-order valence-corrected chi connectivity index (χ4v) is 2.71. The van der Waals surface area contributed by atoms with Gasteiger partial charge < -0.3 is 14.6 Å². The molecule has 19 heavy (non-hydrogen) atoms. The molecule has 0 radical (unpaired) electrons. The molecule has 0 aromatic carbocycles. The van der Waals surface area contributed by atoms with E-state index in [0.29, 0.717) is 31.0 Å². The summed E-state index contributed by atoms with van der Waals surface area (Å²) in [6.45, 7) is 8.82. The van der Waals surface area contributed by atoms with Gasteiger partial charge in [0.05, 0.1) is 18.9 Å². The first kappa shape index (κ1) is 14.0. The maximum Gasteiger partial charge on any atom is 0.233 e. The molecule has 1 saturated heterocycles. The fraction of sp³-hybridized carbons (Fsp3) is 0.571. The summed E-state index contributed by atoms with van der Waals surface area (Å²) in [5.41, 5.74) is 2.80. The zero-order valence-corrected chi connectivity index (χ0v) is 11.8. The average molecular weight is 265 g/mol. The number of aryl methyl sites for hydroxylation is 1. The predicted octanol–water partition coefficient (Wildman–Crippen LogP) is -0.0681. The standard InChI is InChI=1S/C14H20N2O3/c1-9-13(11(3)17)10(2)15-14(9)12(18)8-16-4-6-19-7-5-16/h15H,4-8H2,1-3H3/p+1. The van der Waals surface area contributed by atoms with Crippen LogP contribution in [-0.2, 0) is 4.74 Å². The van der Waals surface area contributed by atoms with Crippen molar-refractivity contribution >= 4 is 11.6 Å². The number of hydrogen-bond donors (Lipinski definition) is 2. The summed E-state index contributed by atoms with van der Waals surface area (Å²) in [5, 5.41) is 0. The van der Waals surface area contributed by atoms with Crippen LogP contribution in [0.2, 0.25) is 0 Å². The summed E-state index contributed by atoms with van der Waals surface area (Å²) in [6.07, 6.45) is 0.